The second kappa shape index (κ2) is 7.88. The summed E-state index contributed by atoms with van der Waals surface area (Å²) < 4.78 is 25.0. The quantitative estimate of drug-likeness (QED) is 0.671. The highest BCUT2D eigenvalue weighted by atomic mass is 32.2. The fourth-order valence-electron chi connectivity index (χ4n) is 2.44. The summed E-state index contributed by atoms with van der Waals surface area (Å²) in [5, 5.41) is 17.8. The van der Waals surface area contributed by atoms with Crippen LogP contribution in [0.25, 0.3) is 11.0 Å². The molecule has 10 heteroatoms. The maximum Gasteiger partial charge on any atom is 0.238 e. The Balaban J connectivity index is 2.24. The van der Waals surface area contributed by atoms with E-state index < -0.39 is 15.6 Å². The molecule has 0 fully saturated rings. The monoisotopic (exact) mass is 409 g/mol. The second-order valence-corrected chi connectivity index (χ2v) is 9.14. The Bertz CT molecular complexity index is 1010. The highest BCUT2D eigenvalue weighted by Crippen LogP contribution is 2.26. The maximum absolute atomic E-state index is 12.3. The van der Waals surface area contributed by atoms with Crippen molar-refractivity contribution in [3.63, 3.8) is 0 Å². The number of nitriles is 1. The zero-order valence-corrected chi connectivity index (χ0v) is 17.3. The molecule has 0 aliphatic rings. The predicted molar refractivity (Wildman–Crippen MR) is 105 cm³/mol. The first-order chi connectivity index (χ1) is 12.5. The number of amides is 1. The molecule has 0 saturated heterocycles. The number of aryl methyl sites for hydroxylation is 1. The molecular formula is C17H23N5O3S2. The Morgan fingerprint density at radius 1 is 1.48 bits per heavy atom. The zero-order chi connectivity index (χ0) is 20.4. The molecule has 1 heterocycles. The van der Waals surface area contributed by atoms with Gasteiger partial charge in [0.1, 0.15) is 5.54 Å². The van der Waals surface area contributed by atoms with Gasteiger partial charge < -0.3 is 9.88 Å². The van der Waals surface area contributed by atoms with Crippen LogP contribution in [0.3, 0.4) is 0 Å². The lowest BCUT2D eigenvalue weighted by Crippen LogP contribution is -2.49. The molecule has 1 aromatic heterocycles. The molecule has 1 amide bonds. The van der Waals surface area contributed by atoms with Crippen molar-refractivity contribution < 1.29 is 13.2 Å². The summed E-state index contributed by atoms with van der Waals surface area (Å²) >= 11 is 1.23. The first-order valence-corrected chi connectivity index (χ1v) is 10.9. The number of rotatable bonds is 7. The van der Waals surface area contributed by atoms with Gasteiger partial charge in [-0.05, 0) is 38.0 Å². The van der Waals surface area contributed by atoms with Crippen molar-refractivity contribution in [2.75, 3.05) is 5.75 Å². The number of nitrogens with two attached hydrogens (primary N) is 1. The van der Waals surface area contributed by atoms with Crippen molar-refractivity contribution in [1.29, 1.82) is 5.26 Å². The van der Waals surface area contributed by atoms with Gasteiger partial charge >= 0.3 is 0 Å². The number of primary sulfonamides is 1. The number of imidazole rings is 1. The average molecular weight is 410 g/mol. The molecule has 1 aromatic carbocycles. The van der Waals surface area contributed by atoms with E-state index in [1.807, 2.05) is 25.3 Å². The molecule has 2 rings (SSSR count). The molecule has 0 bridgehead atoms. The highest BCUT2D eigenvalue weighted by Gasteiger charge is 2.30. The van der Waals surface area contributed by atoms with Gasteiger partial charge in [-0.15, -0.1) is 0 Å². The second-order valence-electron chi connectivity index (χ2n) is 6.64. The molecule has 146 valence electrons. The van der Waals surface area contributed by atoms with Crippen molar-refractivity contribution in [1.82, 2.24) is 14.9 Å². The molecule has 3 N–H and O–H groups in total. The largest absolute Gasteiger partial charge is 0.337 e. The number of nitrogens with zero attached hydrogens (tertiary/aromatic N) is 3. The van der Waals surface area contributed by atoms with Crippen LogP contribution in [0.5, 0.6) is 0 Å². The van der Waals surface area contributed by atoms with Crippen molar-refractivity contribution in [3.8, 4) is 6.07 Å². The summed E-state index contributed by atoms with van der Waals surface area (Å²) in [6, 6.07) is 6.66. The number of hydrogen-bond acceptors (Lipinski definition) is 6. The molecule has 0 spiro atoms. The zero-order valence-electron chi connectivity index (χ0n) is 15.7. The van der Waals surface area contributed by atoms with E-state index in [2.05, 4.69) is 16.4 Å². The Morgan fingerprint density at radius 2 is 2.15 bits per heavy atom. The van der Waals surface area contributed by atoms with Gasteiger partial charge in [-0.1, -0.05) is 25.6 Å². The molecule has 0 saturated carbocycles. The van der Waals surface area contributed by atoms with E-state index in [9.17, 15) is 18.5 Å². The van der Waals surface area contributed by atoms with Crippen LogP contribution in [-0.2, 0) is 21.4 Å². The average Bonchev–Trinajstić information content (AvgIpc) is 2.95. The number of thioether (sulfide) groups is 1. The number of nitrogens with one attached hydrogen (secondary N) is 1. The number of benzene rings is 1. The van der Waals surface area contributed by atoms with Gasteiger partial charge in [-0.25, -0.2) is 18.5 Å². The Morgan fingerprint density at radius 3 is 2.67 bits per heavy atom. The van der Waals surface area contributed by atoms with Crippen LogP contribution >= 0.6 is 11.8 Å². The van der Waals surface area contributed by atoms with Gasteiger partial charge in [0.15, 0.2) is 5.16 Å². The first kappa shape index (κ1) is 21.2. The number of fused-ring (bicyclic) bond motifs is 1. The molecule has 0 aliphatic heterocycles. The number of sulfonamides is 1. The van der Waals surface area contributed by atoms with Crippen LogP contribution in [-0.4, -0.2) is 35.2 Å². The lowest BCUT2D eigenvalue weighted by Gasteiger charge is -2.27. The fourth-order valence-corrected chi connectivity index (χ4v) is 3.85. The van der Waals surface area contributed by atoms with Crippen molar-refractivity contribution >= 4 is 38.7 Å². The van der Waals surface area contributed by atoms with E-state index in [-0.39, 0.29) is 22.5 Å². The molecule has 8 nitrogen and oxygen atoms in total. The third kappa shape index (κ3) is 4.61. The minimum atomic E-state index is -3.81. The SMILES string of the molecule is CCn1c(SCC(=O)N[C@@](C)(C#N)C(C)C)nc2cc(S(N)(=O)=O)ccc21. The van der Waals surface area contributed by atoms with E-state index in [1.54, 1.807) is 13.0 Å². The summed E-state index contributed by atoms with van der Waals surface area (Å²) in [5.41, 5.74) is 0.319. The summed E-state index contributed by atoms with van der Waals surface area (Å²) in [6.45, 7) is 7.98. The van der Waals surface area contributed by atoms with Gasteiger partial charge in [0.25, 0.3) is 0 Å². The summed E-state index contributed by atoms with van der Waals surface area (Å²) in [6.07, 6.45) is 0. The maximum atomic E-state index is 12.3. The van der Waals surface area contributed by atoms with Gasteiger partial charge in [0.05, 0.1) is 27.8 Å². The molecular weight excluding hydrogens is 386 g/mol. The van der Waals surface area contributed by atoms with E-state index in [4.69, 9.17) is 5.14 Å². The number of hydrogen-bond donors (Lipinski definition) is 2. The Labute approximate surface area is 163 Å². The summed E-state index contributed by atoms with van der Waals surface area (Å²) in [4.78, 5) is 16.7. The minimum Gasteiger partial charge on any atom is -0.337 e. The summed E-state index contributed by atoms with van der Waals surface area (Å²) in [5.74, 6) is -0.207. The highest BCUT2D eigenvalue weighted by molar-refractivity contribution is 7.99. The van der Waals surface area contributed by atoms with Crippen LogP contribution in [0, 0.1) is 17.2 Å². The van der Waals surface area contributed by atoms with Gasteiger partial charge in [0, 0.05) is 6.54 Å². The van der Waals surface area contributed by atoms with E-state index in [0.717, 1.165) is 5.52 Å². The minimum absolute atomic E-state index is 0.00762. The molecule has 27 heavy (non-hydrogen) atoms. The molecule has 0 radical (unpaired) electrons. The van der Waals surface area contributed by atoms with E-state index in [1.165, 1.54) is 23.9 Å². The third-order valence-corrected chi connectivity index (χ3v) is 6.34. The topological polar surface area (TPSA) is 131 Å². The predicted octanol–water partition coefficient (Wildman–Crippen LogP) is 1.85. The van der Waals surface area contributed by atoms with Crippen molar-refractivity contribution in [3.05, 3.63) is 18.2 Å². The standard InChI is InChI=1S/C17H23N5O3S2/c1-5-22-14-7-6-12(27(19,24)25)8-13(14)20-16(22)26-9-15(23)21-17(4,10-18)11(2)3/h6-8,11H,5,9H2,1-4H3,(H,21,23)(H2,19,24,25)/t17-/m0/s1. The van der Waals surface area contributed by atoms with Gasteiger partial charge in [0.2, 0.25) is 15.9 Å². The molecule has 2 aromatic rings. The number of carbonyl (C=O) groups excluding carboxylic acids is 1. The van der Waals surface area contributed by atoms with Crippen LogP contribution in [0.2, 0.25) is 0 Å². The summed E-state index contributed by atoms with van der Waals surface area (Å²) in [7, 11) is -3.81. The van der Waals surface area contributed by atoms with Crippen LogP contribution in [0.4, 0.5) is 0 Å². The fraction of sp³-hybridized carbons (Fsp3) is 0.471. The third-order valence-electron chi connectivity index (χ3n) is 4.45. The van der Waals surface area contributed by atoms with Crippen LogP contribution in [0.15, 0.2) is 28.3 Å². The molecule has 1 atom stereocenters. The van der Waals surface area contributed by atoms with E-state index >= 15 is 0 Å². The normalized spacial score (nSPS) is 14.1. The number of aromatic nitrogens is 2. The van der Waals surface area contributed by atoms with Crippen molar-refractivity contribution in [2.24, 2.45) is 11.1 Å². The molecule has 0 unspecified atom stereocenters. The van der Waals surface area contributed by atoms with Crippen LogP contribution < -0.4 is 10.5 Å². The number of carbonyl (C=O) groups is 1. The lowest BCUT2D eigenvalue weighted by molar-refractivity contribution is -0.120. The van der Waals surface area contributed by atoms with E-state index in [0.29, 0.717) is 17.2 Å². The smallest absolute Gasteiger partial charge is 0.238 e. The van der Waals surface area contributed by atoms with Gasteiger partial charge in [-0.3, -0.25) is 4.79 Å². The first-order valence-electron chi connectivity index (χ1n) is 8.40. The van der Waals surface area contributed by atoms with Gasteiger partial charge in [-0.2, -0.15) is 5.26 Å². The molecule has 0 aliphatic carbocycles. The lowest BCUT2D eigenvalue weighted by atomic mass is 9.90. The van der Waals surface area contributed by atoms with Crippen LogP contribution in [0.1, 0.15) is 27.7 Å². The van der Waals surface area contributed by atoms with Crippen molar-refractivity contribution in [2.45, 2.75) is 49.8 Å². The Hall–Kier alpha value is -2.09. The Kier molecular flexibility index (Phi) is 6.19.